The molecule has 0 aliphatic carbocycles. The molecule has 2 heterocycles. The van der Waals surface area contributed by atoms with E-state index in [1.807, 2.05) is 13.0 Å². The summed E-state index contributed by atoms with van der Waals surface area (Å²) in [6.07, 6.45) is 7.14. The molecule has 2 rings (SSSR count). The Labute approximate surface area is 97.3 Å². The monoisotopic (exact) mass is 230 g/mol. The fourth-order valence-electron chi connectivity index (χ4n) is 1.41. The molecule has 17 heavy (non-hydrogen) atoms. The smallest absolute Gasteiger partial charge is 0.328 e. The number of carbonyl (C=O) groups is 1. The minimum Gasteiger partial charge on any atom is -0.478 e. The van der Waals surface area contributed by atoms with Crippen molar-refractivity contribution in [1.82, 2.24) is 19.7 Å². The van der Waals surface area contributed by atoms with Crippen LogP contribution in [0, 0.1) is 6.92 Å². The number of hydrogen-bond donors (Lipinski definition) is 1. The van der Waals surface area contributed by atoms with Crippen LogP contribution in [0.2, 0.25) is 0 Å². The van der Waals surface area contributed by atoms with Crippen molar-refractivity contribution in [2.45, 2.75) is 6.92 Å². The zero-order valence-electron chi connectivity index (χ0n) is 9.11. The van der Waals surface area contributed by atoms with Crippen molar-refractivity contribution in [2.75, 3.05) is 0 Å². The number of aromatic nitrogens is 4. The number of aliphatic carboxylic acids is 1. The maximum absolute atomic E-state index is 10.4. The zero-order valence-corrected chi connectivity index (χ0v) is 9.11. The van der Waals surface area contributed by atoms with E-state index < -0.39 is 5.97 Å². The Morgan fingerprint density at radius 3 is 2.94 bits per heavy atom. The van der Waals surface area contributed by atoms with Crippen molar-refractivity contribution in [2.24, 2.45) is 0 Å². The molecule has 0 atom stereocenters. The summed E-state index contributed by atoms with van der Waals surface area (Å²) in [5.41, 5.74) is 1.62. The highest BCUT2D eigenvalue weighted by atomic mass is 16.4. The molecule has 0 bridgehead atoms. The van der Waals surface area contributed by atoms with Gasteiger partial charge in [0.05, 0.1) is 0 Å². The van der Waals surface area contributed by atoms with Crippen LogP contribution < -0.4 is 0 Å². The molecule has 0 unspecified atom stereocenters. The van der Waals surface area contributed by atoms with Gasteiger partial charge in [-0.05, 0) is 30.2 Å². The molecule has 0 amide bonds. The van der Waals surface area contributed by atoms with Crippen LogP contribution in [0.3, 0.4) is 0 Å². The second-order valence-corrected chi connectivity index (χ2v) is 3.42. The van der Waals surface area contributed by atoms with Crippen molar-refractivity contribution in [3.63, 3.8) is 0 Å². The molecule has 2 aromatic heterocycles. The molecule has 0 fully saturated rings. The van der Waals surface area contributed by atoms with Gasteiger partial charge in [-0.2, -0.15) is 5.10 Å². The number of carboxylic acids is 1. The van der Waals surface area contributed by atoms with E-state index in [9.17, 15) is 4.79 Å². The third kappa shape index (κ3) is 2.54. The number of nitrogens with zero attached hydrogens (tertiary/aromatic N) is 4. The van der Waals surface area contributed by atoms with Crippen LogP contribution in [0.5, 0.6) is 0 Å². The lowest BCUT2D eigenvalue weighted by atomic mass is 10.2. The van der Waals surface area contributed by atoms with Crippen molar-refractivity contribution in [1.29, 1.82) is 0 Å². The Morgan fingerprint density at radius 2 is 2.35 bits per heavy atom. The Balaban J connectivity index is 2.32. The molecule has 0 aliphatic rings. The summed E-state index contributed by atoms with van der Waals surface area (Å²) in [5.74, 6) is -0.307. The van der Waals surface area contributed by atoms with E-state index in [4.69, 9.17) is 5.11 Å². The summed E-state index contributed by atoms with van der Waals surface area (Å²) in [7, 11) is 0. The van der Waals surface area contributed by atoms with E-state index in [0.29, 0.717) is 5.82 Å². The fourth-order valence-corrected chi connectivity index (χ4v) is 1.41. The van der Waals surface area contributed by atoms with E-state index in [1.165, 1.54) is 12.4 Å². The molecule has 86 valence electrons. The maximum Gasteiger partial charge on any atom is 0.328 e. The highest BCUT2D eigenvalue weighted by Crippen LogP contribution is 2.12. The van der Waals surface area contributed by atoms with Crippen LogP contribution in [0.15, 0.2) is 31.0 Å². The Bertz CT molecular complexity index is 561. The third-order valence-electron chi connectivity index (χ3n) is 2.13. The van der Waals surface area contributed by atoms with Crippen LogP contribution in [0.25, 0.3) is 11.9 Å². The first kappa shape index (κ1) is 11.0. The first-order valence-electron chi connectivity index (χ1n) is 4.89. The summed E-state index contributed by atoms with van der Waals surface area (Å²) in [6, 6.07) is 1.84. The topological polar surface area (TPSA) is 80.9 Å². The van der Waals surface area contributed by atoms with E-state index >= 15 is 0 Å². The Kier molecular flexibility index (Phi) is 2.95. The molecular weight excluding hydrogens is 220 g/mol. The normalized spacial score (nSPS) is 10.9. The molecule has 0 saturated carbocycles. The van der Waals surface area contributed by atoms with Gasteiger partial charge in [0.15, 0.2) is 5.82 Å². The summed E-state index contributed by atoms with van der Waals surface area (Å²) < 4.78 is 1.56. The van der Waals surface area contributed by atoms with Crippen molar-refractivity contribution in [3.05, 3.63) is 42.1 Å². The lowest BCUT2D eigenvalue weighted by Gasteiger charge is -2.04. The number of hydrogen-bond acceptors (Lipinski definition) is 4. The molecule has 0 spiro atoms. The first-order chi connectivity index (χ1) is 8.16. The predicted octanol–water partition coefficient (Wildman–Crippen LogP) is 1.07. The SMILES string of the molecule is Cc1cc(/C=C/C(=O)O)cnc1-n1cncn1. The standard InChI is InChI=1S/C11H10N4O2/c1-8-4-9(2-3-10(16)17)5-13-11(8)15-7-12-6-14-15/h2-7H,1H3,(H,16,17)/b3-2+. The van der Waals surface area contributed by atoms with E-state index in [0.717, 1.165) is 17.2 Å². The summed E-state index contributed by atoms with van der Waals surface area (Å²) >= 11 is 0. The van der Waals surface area contributed by atoms with Gasteiger partial charge in [-0.25, -0.2) is 19.4 Å². The average Bonchev–Trinajstić information content (AvgIpc) is 2.79. The average molecular weight is 230 g/mol. The number of pyridine rings is 1. The van der Waals surface area contributed by atoms with Gasteiger partial charge in [-0.15, -0.1) is 0 Å². The van der Waals surface area contributed by atoms with Gasteiger partial charge in [0.25, 0.3) is 0 Å². The summed E-state index contributed by atoms with van der Waals surface area (Å²) in [6.45, 7) is 1.88. The predicted molar refractivity (Wildman–Crippen MR) is 60.6 cm³/mol. The quantitative estimate of drug-likeness (QED) is 0.797. The van der Waals surface area contributed by atoms with Gasteiger partial charge >= 0.3 is 5.97 Å². The zero-order chi connectivity index (χ0) is 12.3. The summed E-state index contributed by atoms with van der Waals surface area (Å²) in [5, 5.41) is 12.5. The minimum atomic E-state index is -0.983. The van der Waals surface area contributed by atoms with Gasteiger partial charge in [-0.3, -0.25) is 0 Å². The lowest BCUT2D eigenvalue weighted by Crippen LogP contribution is -2.01. The molecule has 0 aromatic carbocycles. The molecule has 6 nitrogen and oxygen atoms in total. The van der Waals surface area contributed by atoms with E-state index in [1.54, 1.807) is 17.2 Å². The second-order valence-electron chi connectivity index (χ2n) is 3.42. The molecule has 6 heteroatoms. The van der Waals surface area contributed by atoms with Gasteiger partial charge in [0.1, 0.15) is 12.7 Å². The van der Waals surface area contributed by atoms with Crippen molar-refractivity contribution in [3.8, 4) is 5.82 Å². The molecule has 2 aromatic rings. The Morgan fingerprint density at radius 1 is 1.53 bits per heavy atom. The largest absolute Gasteiger partial charge is 0.478 e. The molecular formula is C11H10N4O2. The molecule has 1 N–H and O–H groups in total. The molecule has 0 saturated heterocycles. The summed E-state index contributed by atoms with van der Waals surface area (Å²) in [4.78, 5) is 18.4. The second kappa shape index (κ2) is 4.56. The molecule has 0 radical (unpaired) electrons. The van der Waals surface area contributed by atoms with Crippen LogP contribution in [0.4, 0.5) is 0 Å². The third-order valence-corrected chi connectivity index (χ3v) is 2.13. The van der Waals surface area contributed by atoms with Crippen LogP contribution in [-0.2, 0) is 4.79 Å². The van der Waals surface area contributed by atoms with E-state index in [-0.39, 0.29) is 0 Å². The lowest BCUT2D eigenvalue weighted by molar-refractivity contribution is -0.131. The van der Waals surface area contributed by atoms with Crippen molar-refractivity contribution < 1.29 is 9.90 Å². The van der Waals surface area contributed by atoms with Crippen LogP contribution in [-0.4, -0.2) is 30.8 Å². The highest BCUT2D eigenvalue weighted by molar-refractivity contribution is 5.85. The number of aryl methyl sites for hydroxylation is 1. The van der Waals surface area contributed by atoms with Gasteiger partial charge in [-0.1, -0.05) is 0 Å². The molecule has 0 aliphatic heterocycles. The fraction of sp³-hybridized carbons (Fsp3) is 0.0909. The van der Waals surface area contributed by atoms with E-state index in [2.05, 4.69) is 15.1 Å². The number of rotatable bonds is 3. The van der Waals surface area contributed by atoms with Gasteiger partial charge < -0.3 is 5.11 Å². The minimum absolute atomic E-state index is 0.676. The maximum atomic E-state index is 10.4. The highest BCUT2D eigenvalue weighted by Gasteiger charge is 2.03. The van der Waals surface area contributed by atoms with Gasteiger partial charge in [0.2, 0.25) is 0 Å². The van der Waals surface area contributed by atoms with Crippen molar-refractivity contribution >= 4 is 12.0 Å². The first-order valence-corrected chi connectivity index (χ1v) is 4.89. The van der Waals surface area contributed by atoms with Crippen LogP contribution in [0.1, 0.15) is 11.1 Å². The van der Waals surface area contributed by atoms with Crippen LogP contribution >= 0.6 is 0 Å². The Hall–Kier alpha value is -2.50. The van der Waals surface area contributed by atoms with Gasteiger partial charge in [0, 0.05) is 12.3 Å². The number of carboxylic acid groups (broad SMARTS) is 1.